The fraction of sp³-hybridized carbons (Fsp3) is 0.0769. The second-order valence-electron chi connectivity index (χ2n) is 3.70. The normalized spacial score (nSPS) is 12.2. The first-order valence-corrected chi connectivity index (χ1v) is 7.48. The lowest BCUT2D eigenvalue weighted by atomic mass is 10.3. The Morgan fingerprint density at radius 3 is 2.78 bits per heavy atom. The quantitative estimate of drug-likeness (QED) is 0.670. The van der Waals surface area contributed by atoms with Gasteiger partial charge >= 0.3 is 0 Å². The van der Waals surface area contributed by atoms with Gasteiger partial charge in [-0.2, -0.15) is 4.37 Å². The van der Waals surface area contributed by atoms with E-state index in [1.54, 1.807) is 11.8 Å². The first kappa shape index (κ1) is 11.5. The molecule has 0 amide bonds. The Kier molecular flexibility index (Phi) is 3.17. The smallest absolute Gasteiger partial charge is 0.213 e. The summed E-state index contributed by atoms with van der Waals surface area (Å²) in [5, 5.41) is 0. The van der Waals surface area contributed by atoms with Crippen LogP contribution in [0.3, 0.4) is 0 Å². The zero-order valence-electron chi connectivity index (χ0n) is 9.78. The Labute approximate surface area is 113 Å². The van der Waals surface area contributed by atoms with Gasteiger partial charge in [-0.15, -0.1) is 11.8 Å². The third kappa shape index (κ3) is 2.19. The number of rotatable bonds is 2. The maximum absolute atomic E-state index is 4.61. The van der Waals surface area contributed by atoms with Crippen molar-refractivity contribution in [3.05, 3.63) is 53.5 Å². The number of fused-ring (bicyclic) bond motifs is 1. The van der Waals surface area contributed by atoms with E-state index in [4.69, 9.17) is 0 Å². The van der Waals surface area contributed by atoms with Gasteiger partial charge in [0.1, 0.15) is 0 Å². The third-order valence-corrected chi connectivity index (χ3v) is 4.04. The minimum absolute atomic E-state index is 0.891. The monoisotopic (exact) mass is 273 g/mol. The standard InChI is InChI=1S/C13H11N3S2/c1-17-11-7-5-10(6-8-11)14-13-16-9-3-2-4-12(16)15-18-13/h2-9H,1H3/b14-13-. The summed E-state index contributed by atoms with van der Waals surface area (Å²) >= 11 is 3.14. The van der Waals surface area contributed by atoms with E-state index in [9.17, 15) is 0 Å². The van der Waals surface area contributed by atoms with Crippen molar-refractivity contribution in [1.29, 1.82) is 0 Å². The van der Waals surface area contributed by atoms with Crippen molar-refractivity contribution in [2.75, 3.05) is 6.26 Å². The van der Waals surface area contributed by atoms with Crippen LogP contribution in [0, 0.1) is 0 Å². The van der Waals surface area contributed by atoms with Gasteiger partial charge in [-0.1, -0.05) is 6.07 Å². The second-order valence-corrected chi connectivity index (χ2v) is 5.31. The molecule has 0 unspecified atom stereocenters. The Morgan fingerprint density at radius 2 is 2.00 bits per heavy atom. The van der Waals surface area contributed by atoms with Gasteiger partial charge in [-0.05, 0) is 42.7 Å². The minimum Gasteiger partial charge on any atom is -0.275 e. The summed E-state index contributed by atoms with van der Waals surface area (Å²) in [7, 11) is 0. The van der Waals surface area contributed by atoms with Crippen LogP contribution in [-0.2, 0) is 0 Å². The van der Waals surface area contributed by atoms with Crippen molar-refractivity contribution >= 4 is 34.6 Å². The van der Waals surface area contributed by atoms with Crippen LogP contribution >= 0.6 is 23.3 Å². The molecular formula is C13H11N3S2. The van der Waals surface area contributed by atoms with Crippen molar-refractivity contribution < 1.29 is 0 Å². The van der Waals surface area contributed by atoms with E-state index in [1.807, 2.05) is 40.9 Å². The Morgan fingerprint density at radius 1 is 1.17 bits per heavy atom. The molecule has 0 spiro atoms. The lowest BCUT2D eigenvalue weighted by Gasteiger charge is -1.96. The molecular weight excluding hydrogens is 262 g/mol. The van der Waals surface area contributed by atoms with E-state index in [0.717, 1.165) is 16.1 Å². The zero-order chi connectivity index (χ0) is 12.4. The highest BCUT2D eigenvalue weighted by atomic mass is 32.2. The molecule has 5 heteroatoms. The molecule has 0 aliphatic heterocycles. The molecule has 2 aromatic heterocycles. The Bertz CT molecular complexity index is 726. The number of hydrogen-bond donors (Lipinski definition) is 0. The van der Waals surface area contributed by atoms with Crippen LogP contribution < -0.4 is 4.80 Å². The molecule has 1 aromatic carbocycles. The lowest BCUT2D eigenvalue weighted by molar-refractivity contribution is 1.09. The van der Waals surface area contributed by atoms with Gasteiger partial charge in [-0.3, -0.25) is 4.40 Å². The molecule has 2 heterocycles. The molecule has 18 heavy (non-hydrogen) atoms. The summed E-state index contributed by atoms with van der Waals surface area (Å²) in [6, 6.07) is 14.2. The van der Waals surface area contributed by atoms with Crippen LogP contribution in [0.25, 0.3) is 5.65 Å². The lowest BCUT2D eigenvalue weighted by Crippen LogP contribution is -2.04. The van der Waals surface area contributed by atoms with E-state index in [2.05, 4.69) is 27.8 Å². The van der Waals surface area contributed by atoms with Crippen molar-refractivity contribution in [2.45, 2.75) is 4.90 Å². The van der Waals surface area contributed by atoms with Gasteiger partial charge in [0.2, 0.25) is 4.80 Å². The van der Waals surface area contributed by atoms with Gasteiger partial charge in [0, 0.05) is 22.6 Å². The van der Waals surface area contributed by atoms with E-state index in [0.29, 0.717) is 0 Å². The number of nitrogens with zero attached hydrogens (tertiary/aromatic N) is 3. The van der Waals surface area contributed by atoms with Crippen molar-refractivity contribution in [2.24, 2.45) is 4.99 Å². The van der Waals surface area contributed by atoms with Crippen molar-refractivity contribution in [3.63, 3.8) is 0 Å². The average Bonchev–Trinajstić information content (AvgIpc) is 2.83. The van der Waals surface area contributed by atoms with Crippen LogP contribution in [0.5, 0.6) is 0 Å². The SMILES string of the molecule is CSc1ccc(/N=c2\snc3ccccn23)cc1. The predicted octanol–water partition coefficient (Wildman–Crippen LogP) is 3.35. The number of benzene rings is 1. The summed E-state index contributed by atoms with van der Waals surface area (Å²) < 4.78 is 6.35. The molecule has 0 saturated heterocycles. The maximum atomic E-state index is 4.61. The highest BCUT2D eigenvalue weighted by Crippen LogP contribution is 2.18. The maximum Gasteiger partial charge on any atom is 0.213 e. The molecule has 0 fully saturated rings. The second kappa shape index (κ2) is 4.96. The van der Waals surface area contributed by atoms with E-state index < -0.39 is 0 Å². The third-order valence-electron chi connectivity index (χ3n) is 2.56. The van der Waals surface area contributed by atoms with Crippen LogP contribution in [0.1, 0.15) is 0 Å². The zero-order valence-corrected chi connectivity index (χ0v) is 11.4. The van der Waals surface area contributed by atoms with Crippen molar-refractivity contribution in [1.82, 2.24) is 8.77 Å². The number of thioether (sulfide) groups is 1. The molecule has 0 aliphatic carbocycles. The van der Waals surface area contributed by atoms with E-state index >= 15 is 0 Å². The predicted molar refractivity (Wildman–Crippen MR) is 76.5 cm³/mol. The fourth-order valence-corrected chi connectivity index (χ4v) is 2.76. The van der Waals surface area contributed by atoms with Crippen molar-refractivity contribution in [3.8, 4) is 0 Å². The number of aromatic nitrogens is 2. The molecule has 3 aromatic rings. The summed E-state index contributed by atoms with van der Waals surface area (Å²) in [5.41, 5.74) is 1.89. The van der Waals surface area contributed by atoms with Gasteiger partial charge in [-0.25, -0.2) is 4.99 Å². The van der Waals surface area contributed by atoms with Crippen LogP contribution in [0.4, 0.5) is 5.69 Å². The number of hydrogen-bond acceptors (Lipinski definition) is 4. The fourth-order valence-electron chi connectivity index (χ4n) is 1.64. The average molecular weight is 273 g/mol. The van der Waals surface area contributed by atoms with Gasteiger partial charge in [0.25, 0.3) is 0 Å². The van der Waals surface area contributed by atoms with Crippen LogP contribution in [-0.4, -0.2) is 15.0 Å². The van der Waals surface area contributed by atoms with Gasteiger partial charge < -0.3 is 0 Å². The number of pyridine rings is 1. The van der Waals surface area contributed by atoms with Crippen LogP contribution in [0.15, 0.2) is 58.5 Å². The molecule has 0 saturated carbocycles. The molecule has 0 N–H and O–H groups in total. The minimum atomic E-state index is 0.891. The van der Waals surface area contributed by atoms with E-state index in [-0.39, 0.29) is 0 Å². The summed E-state index contributed by atoms with van der Waals surface area (Å²) in [6.45, 7) is 0. The van der Waals surface area contributed by atoms with Gasteiger partial charge in [0.05, 0.1) is 5.69 Å². The molecule has 0 radical (unpaired) electrons. The first-order chi connectivity index (χ1) is 8.86. The largest absolute Gasteiger partial charge is 0.275 e. The summed E-state index contributed by atoms with van der Waals surface area (Å²) in [5.74, 6) is 0. The molecule has 0 atom stereocenters. The molecule has 0 aliphatic rings. The topological polar surface area (TPSA) is 29.7 Å². The summed E-state index contributed by atoms with van der Waals surface area (Å²) in [4.78, 5) is 6.75. The molecule has 90 valence electrons. The highest BCUT2D eigenvalue weighted by molar-refractivity contribution is 7.98. The van der Waals surface area contributed by atoms with Crippen LogP contribution in [0.2, 0.25) is 0 Å². The summed E-state index contributed by atoms with van der Waals surface area (Å²) in [6.07, 6.45) is 4.05. The van der Waals surface area contributed by atoms with Gasteiger partial charge in [0.15, 0.2) is 5.65 Å². The molecule has 3 rings (SSSR count). The Hall–Kier alpha value is -1.59. The molecule has 0 bridgehead atoms. The highest BCUT2D eigenvalue weighted by Gasteiger charge is 1.97. The Balaban J connectivity index is 2.10. The van der Waals surface area contributed by atoms with E-state index in [1.165, 1.54) is 16.4 Å². The first-order valence-electron chi connectivity index (χ1n) is 5.49. The molecule has 3 nitrogen and oxygen atoms in total.